The fourth-order valence-corrected chi connectivity index (χ4v) is 11.0. The Morgan fingerprint density at radius 3 is 1.43 bits per heavy atom. The smallest absolute Gasteiger partial charge is 0.159 e. The minimum absolute atomic E-state index is 0.487. The van der Waals surface area contributed by atoms with Gasteiger partial charge in [-0.2, -0.15) is 0 Å². The van der Waals surface area contributed by atoms with Crippen LogP contribution in [-0.2, 0) is 5.41 Å². The lowest BCUT2D eigenvalue weighted by Crippen LogP contribution is -2.26. The Hall–Kier alpha value is -8.20. The second-order valence-corrected chi connectivity index (χ2v) is 16.7. The van der Waals surface area contributed by atoms with Gasteiger partial charge in [0.05, 0.1) is 16.8 Å². The molecule has 1 heterocycles. The summed E-state index contributed by atoms with van der Waals surface area (Å²) in [6.07, 6.45) is 0. The summed E-state index contributed by atoms with van der Waals surface area (Å²) in [6.45, 7) is 0. The van der Waals surface area contributed by atoms with E-state index in [1.165, 1.54) is 66.8 Å². The van der Waals surface area contributed by atoms with E-state index in [-0.39, 0.29) is 0 Å². The Kier molecular flexibility index (Phi) is 7.85. The number of benzene rings is 10. The molecule has 0 amide bonds. The van der Waals surface area contributed by atoms with E-state index in [0.717, 1.165) is 50.1 Å². The van der Waals surface area contributed by atoms with Crippen molar-refractivity contribution >= 4 is 39.0 Å². The van der Waals surface area contributed by atoms with Gasteiger partial charge < -0.3 is 9.32 Å². The molecule has 1 spiro atoms. The van der Waals surface area contributed by atoms with Crippen LogP contribution in [-0.4, -0.2) is 0 Å². The molecule has 11 aromatic rings. The van der Waals surface area contributed by atoms with E-state index in [4.69, 9.17) is 4.42 Å². The predicted octanol–water partition coefficient (Wildman–Crippen LogP) is 16.4. The number of hydrogen-bond acceptors (Lipinski definition) is 2. The van der Waals surface area contributed by atoms with Gasteiger partial charge in [0.2, 0.25) is 0 Å². The van der Waals surface area contributed by atoms with E-state index in [0.29, 0.717) is 0 Å². The number of fused-ring (bicyclic) bond motifs is 13. The van der Waals surface area contributed by atoms with Crippen LogP contribution in [0.15, 0.2) is 241 Å². The molecule has 0 bridgehead atoms. The van der Waals surface area contributed by atoms with Crippen molar-refractivity contribution in [2.24, 2.45) is 0 Å². The van der Waals surface area contributed by atoms with Crippen molar-refractivity contribution in [1.82, 2.24) is 0 Å². The lowest BCUT2D eigenvalue weighted by atomic mass is 9.70. The van der Waals surface area contributed by atoms with Crippen LogP contribution >= 0.6 is 0 Å². The van der Waals surface area contributed by atoms with E-state index in [9.17, 15) is 0 Å². The molecule has 2 aliphatic carbocycles. The number of hydrogen-bond donors (Lipinski definition) is 0. The average Bonchev–Trinajstić information content (AvgIpc) is 3.99. The largest absolute Gasteiger partial charge is 0.454 e. The SMILES string of the molecule is c1ccc(-c2ccccc2-c2ccccc2-c2ccccc2N(c2ccc3c(c2)C2(c4ccccc4-c4ccccc42)c2ccccc2-3)c2cccc3c2oc2ccccc23)cc1. The monoisotopic (exact) mass is 801 g/mol. The summed E-state index contributed by atoms with van der Waals surface area (Å²) in [5.41, 5.74) is 21.8. The molecule has 63 heavy (non-hydrogen) atoms. The number of rotatable bonds is 6. The van der Waals surface area contributed by atoms with Gasteiger partial charge in [0.25, 0.3) is 0 Å². The van der Waals surface area contributed by atoms with Gasteiger partial charge in [-0.1, -0.05) is 206 Å². The van der Waals surface area contributed by atoms with Gasteiger partial charge in [-0.15, -0.1) is 0 Å². The first-order chi connectivity index (χ1) is 31.3. The summed E-state index contributed by atoms with van der Waals surface area (Å²) in [5, 5.41) is 2.19. The molecular weight excluding hydrogens is 763 g/mol. The van der Waals surface area contributed by atoms with E-state index >= 15 is 0 Å². The molecule has 0 aliphatic heterocycles. The normalized spacial score (nSPS) is 12.9. The first kappa shape index (κ1) is 35.5. The molecule has 0 saturated heterocycles. The third-order valence-electron chi connectivity index (χ3n) is 13.5. The van der Waals surface area contributed by atoms with Crippen molar-refractivity contribution in [3.05, 3.63) is 259 Å². The van der Waals surface area contributed by atoms with Crippen molar-refractivity contribution in [3.8, 4) is 55.6 Å². The van der Waals surface area contributed by atoms with Gasteiger partial charge in [-0.3, -0.25) is 0 Å². The summed E-state index contributed by atoms with van der Waals surface area (Å²) in [5.74, 6) is 0. The lowest BCUT2D eigenvalue weighted by molar-refractivity contribution is 0.669. The summed E-state index contributed by atoms with van der Waals surface area (Å²) in [6, 6.07) is 86.4. The molecule has 0 unspecified atom stereocenters. The van der Waals surface area contributed by atoms with Crippen molar-refractivity contribution in [2.75, 3.05) is 4.90 Å². The highest BCUT2D eigenvalue weighted by atomic mass is 16.3. The molecule has 0 fully saturated rings. The quantitative estimate of drug-likeness (QED) is 0.167. The van der Waals surface area contributed by atoms with Crippen LogP contribution in [0.25, 0.3) is 77.6 Å². The predicted molar refractivity (Wildman–Crippen MR) is 261 cm³/mol. The van der Waals surface area contributed by atoms with Crippen LogP contribution in [0.4, 0.5) is 17.1 Å². The number of anilines is 3. The zero-order chi connectivity index (χ0) is 41.5. The van der Waals surface area contributed by atoms with E-state index in [2.05, 4.69) is 241 Å². The van der Waals surface area contributed by atoms with Crippen LogP contribution in [0.5, 0.6) is 0 Å². The first-order valence-electron chi connectivity index (χ1n) is 21.8. The van der Waals surface area contributed by atoms with Crippen LogP contribution in [0.2, 0.25) is 0 Å². The van der Waals surface area contributed by atoms with Crippen molar-refractivity contribution in [2.45, 2.75) is 5.41 Å². The fraction of sp³-hybridized carbons (Fsp3) is 0.0164. The van der Waals surface area contributed by atoms with Crippen molar-refractivity contribution in [1.29, 1.82) is 0 Å². The Labute approximate surface area is 366 Å². The van der Waals surface area contributed by atoms with Crippen molar-refractivity contribution in [3.63, 3.8) is 0 Å². The number of furan rings is 1. The van der Waals surface area contributed by atoms with Gasteiger partial charge >= 0.3 is 0 Å². The Morgan fingerprint density at radius 2 is 0.762 bits per heavy atom. The molecular formula is C61H39NO. The van der Waals surface area contributed by atoms with Gasteiger partial charge in [0.1, 0.15) is 5.58 Å². The molecule has 1 aromatic heterocycles. The maximum absolute atomic E-state index is 6.90. The topological polar surface area (TPSA) is 16.4 Å². The maximum Gasteiger partial charge on any atom is 0.159 e. The number of nitrogens with zero attached hydrogens (tertiary/aromatic N) is 1. The fourth-order valence-electron chi connectivity index (χ4n) is 11.0. The lowest BCUT2D eigenvalue weighted by Gasteiger charge is -2.32. The van der Waals surface area contributed by atoms with Gasteiger partial charge in [-0.25, -0.2) is 0 Å². The first-order valence-corrected chi connectivity index (χ1v) is 21.8. The molecule has 294 valence electrons. The highest BCUT2D eigenvalue weighted by Gasteiger charge is 2.51. The molecule has 0 atom stereocenters. The van der Waals surface area contributed by atoms with Gasteiger partial charge in [0, 0.05) is 22.0 Å². The zero-order valence-electron chi connectivity index (χ0n) is 34.4. The van der Waals surface area contributed by atoms with E-state index in [1.54, 1.807) is 0 Å². The van der Waals surface area contributed by atoms with Crippen LogP contribution < -0.4 is 4.90 Å². The third-order valence-corrected chi connectivity index (χ3v) is 13.5. The summed E-state index contributed by atoms with van der Waals surface area (Å²) < 4.78 is 6.90. The molecule has 0 N–H and O–H groups in total. The minimum Gasteiger partial charge on any atom is -0.454 e. The van der Waals surface area contributed by atoms with E-state index < -0.39 is 5.41 Å². The zero-order valence-corrected chi connectivity index (χ0v) is 34.4. The molecule has 2 aliphatic rings. The summed E-state index contributed by atoms with van der Waals surface area (Å²) >= 11 is 0. The second kappa shape index (κ2) is 13.9. The van der Waals surface area contributed by atoms with Gasteiger partial charge in [0.15, 0.2) is 5.58 Å². The van der Waals surface area contributed by atoms with Gasteiger partial charge in [-0.05, 0) is 103 Å². The number of para-hydroxylation sites is 3. The summed E-state index contributed by atoms with van der Waals surface area (Å²) in [4.78, 5) is 2.45. The Morgan fingerprint density at radius 1 is 0.302 bits per heavy atom. The molecule has 0 saturated carbocycles. The molecule has 2 nitrogen and oxygen atoms in total. The average molecular weight is 802 g/mol. The summed E-state index contributed by atoms with van der Waals surface area (Å²) in [7, 11) is 0. The van der Waals surface area contributed by atoms with Crippen molar-refractivity contribution < 1.29 is 4.42 Å². The Balaban J connectivity index is 1.10. The standard InChI is InChI=1S/C61H39NO/c1-2-19-40(20-3-1)42-21-4-5-22-43(42)44-23-6-7-24-45(44)50-28-11-16-34-57(50)62(58-35-18-30-52-51-29-12-17-36-59(51)63-60(52)58)41-37-38-49-48-27-10-15-33-55(48)61(56(49)39-41)53-31-13-8-25-46(53)47-26-9-14-32-54(47)61/h1-39H. The Bertz CT molecular complexity index is 3530. The third kappa shape index (κ3) is 5.13. The maximum atomic E-state index is 6.90. The van der Waals surface area contributed by atoms with Crippen LogP contribution in [0.1, 0.15) is 22.3 Å². The van der Waals surface area contributed by atoms with Crippen LogP contribution in [0, 0.1) is 0 Å². The minimum atomic E-state index is -0.487. The second-order valence-electron chi connectivity index (χ2n) is 16.7. The highest BCUT2D eigenvalue weighted by molar-refractivity contribution is 6.11. The van der Waals surface area contributed by atoms with Crippen LogP contribution in [0.3, 0.4) is 0 Å². The molecule has 10 aromatic carbocycles. The highest BCUT2D eigenvalue weighted by Crippen LogP contribution is 2.63. The molecule has 2 heteroatoms. The molecule has 0 radical (unpaired) electrons. The van der Waals surface area contributed by atoms with E-state index in [1.807, 2.05) is 0 Å². The molecule has 13 rings (SSSR count).